The van der Waals surface area contributed by atoms with E-state index in [-0.39, 0.29) is 27.4 Å². The van der Waals surface area contributed by atoms with Crippen molar-refractivity contribution in [2.75, 3.05) is 6.54 Å². The Bertz CT molecular complexity index is 1420. The van der Waals surface area contributed by atoms with Crippen LogP contribution in [0, 0.1) is 0 Å². The zero-order valence-electron chi connectivity index (χ0n) is 18.9. The van der Waals surface area contributed by atoms with Crippen LogP contribution in [0.1, 0.15) is 41.3 Å². The minimum atomic E-state index is -3.76. The number of benzene rings is 3. The van der Waals surface area contributed by atoms with E-state index in [9.17, 15) is 13.2 Å². The number of para-hydroxylation sites is 1. The summed E-state index contributed by atoms with van der Waals surface area (Å²) in [7, 11) is -3.76. The summed E-state index contributed by atoms with van der Waals surface area (Å²) in [6, 6.07) is 21.8. The monoisotopic (exact) mass is 495 g/mol. The number of fused-ring (bicyclic) bond motifs is 1. The Hall–Kier alpha value is -3.13. The third kappa shape index (κ3) is 5.17. The summed E-state index contributed by atoms with van der Waals surface area (Å²) in [5.41, 5.74) is 3.24. The van der Waals surface area contributed by atoms with Crippen LogP contribution < -0.4 is 10.0 Å². The summed E-state index contributed by atoms with van der Waals surface area (Å²) in [6.07, 6.45) is 1.96. The second kappa shape index (κ2) is 10.0. The molecule has 3 N–H and O–H groups in total. The van der Waals surface area contributed by atoms with Gasteiger partial charge in [0.2, 0.25) is 10.0 Å². The molecular formula is C26H26ClN3O3S. The molecule has 6 nitrogen and oxygen atoms in total. The molecule has 1 amide bonds. The van der Waals surface area contributed by atoms with Crippen molar-refractivity contribution in [1.29, 1.82) is 0 Å². The second-order valence-electron chi connectivity index (χ2n) is 8.38. The van der Waals surface area contributed by atoms with Gasteiger partial charge in [0.05, 0.1) is 15.5 Å². The number of amides is 1. The number of nitrogens with one attached hydrogen (secondary N) is 3. The molecule has 0 aliphatic heterocycles. The molecule has 1 aromatic heterocycles. The molecule has 1 unspecified atom stereocenters. The number of carbonyl (C=O) groups is 1. The van der Waals surface area contributed by atoms with Gasteiger partial charge in [0.15, 0.2) is 0 Å². The molecule has 1 heterocycles. The van der Waals surface area contributed by atoms with Crippen molar-refractivity contribution in [2.24, 2.45) is 0 Å². The zero-order chi connectivity index (χ0) is 24.3. The normalized spacial score (nSPS) is 12.7. The van der Waals surface area contributed by atoms with E-state index >= 15 is 0 Å². The van der Waals surface area contributed by atoms with E-state index in [1.165, 1.54) is 18.2 Å². The molecular weight excluding hydrogens is 470 g/mol. The SMILES string of the molecule is CC(C)NS(=O)(=O)c1ccc(Cl)c(C(=O)NCC(c2ccccc2)c2c[nH]c3ccccc23)c1. The molecule has 0 aliphatic rings. The van der Waals surface area contributed by atoms with Crippen molar-refractivity contribution in [1.82, 2.24) is 15.0 Å². The first-order valence-electron chi connectivity index (χ1n) is 11.0. The molecule has 34 heavy (non-hydrogen) atoms. The average Bonchev–Trinajstić information content (AvgIpc) is 3.23. The molecule has 0 saturated carbocycles. The van der Waals surface area contributed by atoms with Gasteiger partial charge in [-0.3, -0.25) is 4.79 Å². The summed E-state index contributed by atoms with van der Waals surface area (Å²) < 4.78 is 27.7. The third-order valence-corrected chi connectivity index (χ3v) is 7.53. The molecule has 176 valence electrons. The molecule has 1 atom stereocenters. The van der Waals surface area contributed by atoms with Crippen LogP contribution in [0.5, 0.6) is 0 Å². The van der Waals surface area contributed by atoms with Gasteiger partial charge < -0.3 is 10.3 Å². The number of aromatic nitrogens is 1. The highest BCUT2D eigenvalue weighted by Crippen LogP contribution is 2.30. The predicted octanol–water partition coefficient (Wildman–Crippen LogP) is 5.07. The van der Waals surface area contributed by atoms with Crippen molar-refractivity contribution in [2.45, 2.75) is 30.7 Å². The Morgan fingerprint density at radius 3 is 2.44 bits per heavy atom. The first-order valence-corrected chi connectivity index (χ1v) is 12.8. The Kier molecular flexibility index (Phi) is 7.07. The summed E-state index contributed by atoms with van der Waals surface area (Å²) in [5.74, 6) is -0.554. The van der Waals surface area contributed by atoms with Gasteiger partial charge in [-0.15, -0.1) is 0 Å². The summed E-state index contributed by atoms with van der Waals surface area (Å²) in [4.78, 5) is 16.4. The minimum absolute atomic E-state index is 0.00742. The number of hydrogen-bond donors (Lipinski definition) is 3. The Morgan fingerprint density at radius 1 is 1.00 bits per heavy atom. The van der Waals surface area contributed by atoms with Gasteiger partial charge in [-0.05, 0) is 49.2 Å². The lowest BCUT2D eigenvalue weighted by Gasteiger charge is -2.19. The van der Waals surface area contributed by atoms with Crippen molar-refractivity contribution in [3.8, 4) is 0 Å². The number of rotatable bonds is 8. The molecule has 0 aliphatic carbocycles. The second-order valence-corrected chi connectivity index (χ2v) is 10.5. The molecule has 0 radical (unpaired) electrons. The maximum atomic E-state index is 13.1. The topological polar surface area (TPSA) is 91.1 Å². The molecule has 8 heteroatoms. The summed E-state index contributed by atoms with van der Waals surface area (Å²) >= 11 is 6.28. The highest BCUT2D eigenvalue weighted by atomic mass is 35.5. The van der Waals surface area contributed by atoms with E-state index in [0.29, 0.717) is 6.54 Å². The smallest absolute Gasteiger partial charge is 0.252 e. The first-order chi connectivity index (χ1) is 16.3. The largest absolute Gasteiger partial charge is 0.361 e. The van der Waals surface area contributed by atoms with Crippen LogP contribution >= 0.6 is 11.6 Å². The van der Waals surface area contributed by atoms with Crippen LogP contribution in [0.3, 0.4) is 0 Å². The summed E-state index contributed by atoms with van der Waals surface area (Å²) in [5, 5.41) is 4.22. The van der Waals surface area contributed by atoms with Crippen LogP contribution in [0.25, 0.3) is 10.9 Å². The number of hydrogen-bond acceptors (Lipinski definition) is 3. The van der Waals surface area contributed by atoms with Gasteiger partial charge >= 0.3 is 0 Å². The molecule has 4 aromatic rings. The molecule has 0 saturated heterocycles. The number of halogens is 1. The number of carbonyl (C=O) groups excluding carboxylic acids is 1. The number of H-pyrrole nitrogens is 1. The van der Waals surface area contributed by atoms with Gasteiger partial charge in [-0.1, -0.05) is 60.1 Å². The molecule has 3 aromatic carbocycles. The quantitative estimate of drug-likeness (QED) is 0.318. The van der Waals surface area contributed by atoms with Crippen molar-refractivity contribution in [3.63, 3.8) is 0 Å². The fraction of sp³-hybridized carbons (Fsp3) is 0.192. The maximum Gasteiger partial charge on any atom is 0.252 e. The van der Waals surface area contributed by atoms with Crippen LogP contribution in [0.4, 0.5) is 0 Å². The maximum absolute atomic E-state index is 13.1. The van der Waals surface area contributed by atoms with Gasteiger partial charge in [0.25, 0.3) is 5.91 Å². The van der Waals surface area contributed by atoms with Crippen LogP contribution in [-0.2, 0) is 10.0 Å². The predicted molar refractivity (Wildman–Crippen MR) is 136 cm³/mol. The lowest BCUT2D eigenvalue weighted by atomic mass is 9.91. The molecule has 0 fully saturated rings. The third-order valence-electron chi connectivity index (χ3n) is 5.55. The fourth-order valence-corrected chi connectivity index (χ4v) is 5.47. The van der Waals surface area contributed by atoms with Crippen LogP contribution in [-0.4, -0.2) is 31.9 Å². The van der Waals surface area contributed by atoms with Crippen molar-refractivity contribution in [3.05, 3.63) is 101 Å². The van der Waals surface area contributed by atoms with E-state index in [0.717, 1.165) is 22.0 Å². The van der Waals surface area contributed by atoms with Gasteiger partial charge in [-0.2, -0.15) is 0 Å². The van der Waals surface area contributed by atoms with Gasteiger partial charge in [0.1, 0.15) is 0 Å². The Balaban J connectivity index is 1.63. The van der Waals surface area contributed by atoms with E-state index in [2.05, 4.69) is 15.0 Å². The van der Waals surface area contributed by atoms with Gasteiger partial charge in [-0.25, -0.2) is 13.1 Å². The molecule has 0 spiro atoms. The standard InChI is InChI=1S/C26H26ClN3O3S/c1-17(2)30-34(32,33)19-12-13-24(27)21(14-19)26(31)29-15-22(18-8-4-3-5-9-18)23-16-28-25-11-7-6-10-20(23)25/h3-14,16-17,22,28,30H,15H2,1-2H3,(H,29,31). The molecule has 0 bridgehead atoms. The van der Waals surface area contributed by atoms with Crippen molar-refractivity contribution < 1.29 is 13.2 Å². The molecule has 4 rings (SSSR count). The first kappa shape index (κ1) is 24.0. The van der Waals surface area contributed by atoms with E-state index < -0.39 is 15.9 Å². The lowest BCUT2D eigenvalue weighted by molar-refractivity contribution is 0.0952. The van der Waals surface area contributed by atoms with E-state index in [1.807, 2.05) is 60.8 Å². The Morgan fingerprint density at radius 2 is 1.71 bits per heavy atom. The average molecular weight is 496 g/mol. The number of sulfonamides is 1. The van der Waals surface area contributed by atoms with Gasteiger partial charge in [0, 0.05) is 35.6 Å². The van der Waals surface area contributed by atoms with E-state index in [1.54, 1.807) is 13.8 Å². The van der Waals surface area contributed by atoms with E-state index in [4.69, 9.17) is 11.6 Å². The van der Waals surface area contributed by atoms with Crippen LogP contribution in [0.2, 0.25) is 5.02 Å². The number of aromatic amines is 1. The zero-order valence-corrected chi connectivity index (χ0v) is 20.5. The fourth-order valence-electron chi connectivity index (χ4n) is 3.99. The lowest BCUT2D eigenvalue weighted by Crippen LogP contribution is -2.31. The highest BCUT2D eigenvalue weighted by molar-refractivity contribution is 7.89. The minimum Gasteiger partial charge on any atom is -0.361 e. The van der Waals surface area contributed by atoms with Crippen LogP contribution in [0.15, 0.2) is 83.9 Å². The summed E-state index contributed by atoms with van der Waals surface area (Å²) in [6.45, 7) is 3.77. The van der Waals surface area contributed by atoms with Crippen molar-refractivity contribution >= 4 is 38.4 Å². The highest BCUT2D eigenvalue weighted by Gasteiger charge is 2.22. The Labute approximate surface area is 204 Å².